The lowest BCUT2D eigenvalue weighted by molar-refractivity contribution is 0.175. The Balaban J connectivity index is 2.02. The molecular formula is C17H19FO. The molecule has 0 amide bonds. The Labute approximate surface area is 113 Å². The van der Waals surface area contributed by atoms with E-state index in [9.17, 15) is 9.50 Å². The molecule has 0 aliphatic carbocycles. The van der Waals surface area contributed by atoms with E-state index < -0.39 is 6.10 Å². The van der Waals surface area contributed by atoms with Crippen LogP contribution in [0.3, 0.4) is 0 Å². The van der Waals surface area contributed by atoms with Crippen LogP contribution in [0, 0.1) is 19.7 Å². The van der Waals surface area contributed by atoms with Crippen molar-refractivity contribution in [1.82, 2.24) is 0 Å². The van der Waals surface area contributed by atoms with Crippen molar-refractivity contribution in [2.45, 2.75) is 32.8 Å². The van der Waals surface area contributed by atoms with Gasteiger partial charge in [-0.1, -0.05) is 35.9 Å². The summed E-state index contributed by atoms with van der Waals surface area (Å²) < 4.78 is 12.8. The van der Waals surface area contributed by atoms with E-state index in [1.165, 1.54) is 28.8 Å². The Kier molecular flexibility index (Phi) is 4.33. The number of hydrogen-bond acceptors (Lipinski definition) is 1. The average molecular weight is 258 g/mol. The maximum Gasteiger partial charge on any atom is 0.123 e. The molecule has 1 N–H and O–H groups in total. The smallest absolute Gasteiger partial charge is 0.123 e. The lowest BCUT2D eigenvalue weighted by atomic mass is 9.97. The Morgan fingerprint density at radius 2 is 1.68 bits per heavy atom. The van der Waals surface area contributed by atoms with Gasteiger partial charge >= 0.3 is 0 Å². The third kappa shape index (κ3) is 3.90. The Morgan fingerprint density at radius 1 is 1.00 bits per heavy atom. The van der Waals surface area contributed by atoms with Gasteiger partial charge in [0.1, 0.15) is 5.82 Å². The normalized spacial score (nSPS) is 12.4. The van der Waals surface area contributed by atoms with Crippen LogP contribution < -0.4 is 0 Å². The minimum atomic E-state index is -0.439. The molecule has 0 saturated heterocycles. The van der Waals surface area contributed by atoms with Crippen LogP contribution in [0.2, 0.25) is 0 Å². The summed E-state index contributed by atoms with van der Waals surface area (Å²) in [6.45, 7) is 4.11. The van der Waals surface area contributed by atoms with Gasteiger partial charge in [0.25, 0.3) is 0 Å². The lowest BCUT2D eigenvalue weighted by Gasteiger charge is -2.13. The third-order valence-corrected chi connectivity index (χ3v) is 3.34. The first-order valence-electron chi connectivity index (χ1n) is 6.53. The zero-order chi connectivity index (χ0) is 13.8. The van der Waals surface area contributed by atoms with Gasteiger partial charge in [0, 0.05) is 0 Å². The number of halogens is 1. The van der Waals surface area contributed by atoms with Gasteiger partial charge in [0.15, 0.2) is 0 Å². The first kappa shape index (κ1) is 13.8. The van der Waals surface area contributed by atoms with Crippen LogP contribution in [0.1, 0.15) is 22.3 Å². The highest BCUT2D eigenvalue weighted by Gasteiger charge is 2.09. The predicted octanol–water partition coefficient (Wildman–Crippen LogP) is 3.59. The van der Waals surface area contributed by atoms with Crippen LogP contribution >= 0.6 is 0 Å². The van der Waals surface area contributed by atoms with Gasteiger partial charge in [0.05, 0.1) is 6.10 Å². The topological polar surface area (TPSA) is 20.2 Å². The van der Waals surface area contributed by atoms with Crippen molar-refractivity contribution in [1.29, 1.82) is 0 Å². The fourth-order valence-corrected chi connectivity index (χ4v) is 2.24. The van der Waals surface area contributed by atoms with Crippen LogP contribution in [0.25, 0.3) is 0 Å². The monoisotopic (exact) mass is 258 g/mol. The summed E-state index contributed by atoms with van der Waals surface area (Å²) in [5, 5.41) is 10.1. The molecule has 0 spiro atoms. The van der Waals surface area contributed by atoms with Crippen molar-refractivity contribution in [2.24, 2.45) is 0 Å². The molecule has 0 bridgehead atoms. The van der Waals surface area contributed by atoms with Crippen LogP contribution in [-0.4, -0.2) is 11.2 Å². The number of aliphatic hydroxyl groups is 1. The summed E-state index contributed by atoms with van der Waals surface area (Å²) in [5.41, 5.74) is 4.53. The highest BCUT2D eigenvalue weighted by Crippen LogP contribution is 2.15. The van der Waals surface area contributed by atoms with Gasteiger partial charge in [-0.3, -0.25) is 0 Å². The van der Waals surface area contributed by atoms with Gasteiger partial charge in [-0.05, 0) is 55.5 Å². The number of aryl methyl sites for hydroxylation is 2. The molecule has 2 aromatic rings. The quantitative estimate of drug-likeness (QED) is 0.888. The summed E-state index contributed by atoms with van der Waals surface area (Å²) in [6.07, 6.45) is 0.740. The van der Waals surface area contributed by atoms with Crippen molar-refractivity contribution in [3.05, 3.63) is 70.5 Å². The second-order valence-electron chi connectivity index (χ2n) is 5.12. The van der Waals surface area contributed by atoms with Crippen molar-refractivity contribution < 1.29 is 9.50 Å². The van der Waals surface area contributed by atoms with Crippen molar-refractivity contribution in [3.8, 4) is 0 Å². The molecule has 2 aromatic carbocycles. The summed E-state index contributed by atoms with van der Waals surface area (Å²) in [5.74, 6) is -0.243. The van der Waals surface area contributed by atoms with E-state index in [1.54, 1.807) is 12.1 Å². The summed E-state index contributed by atoms with van der Waals surface area (Å²) >= 11 is 0. The molecule has 0 saturated carbocycles. The average Bonchev–Trinajstić information content (AvgIpc) is 2.37. The molecule has 0 aromatic heterocycles. The van der Waals surface area contributed by atoms with E-state index in [2.05, 4.69) is 32.0 Å². The molecule has 0 aliphatic rings. The molecule has 0 fully saturated rings. The van der Waals surface area contributed by atoms with Crippen LogP contribution in [0.15, 0.2) is 42.5 Å². The Bertz CT molecular complexity index is 546. The fraction of sp³-hybridized carbons (Fsp3) is 0.294. The van der Waals surface area contributed by atoms with E-state index in [1.807, 2.05) is 0 Å². The van der Waals surface area contributed by atoms with Gasteiger partial charge in [0.2, 0.25) is 0 Å². The van der Waals surface area contributed by atoms with Gasteiger partial charge in [-0.15, -0.1) is 0 Å². The molecule has 2 heteroatoms. The fourth-order valence-electron chi connectivity index (χ4n) is 2.24. The minimum absolute atomic E-state index is 0.243. The predicted molar refractivity (Wildman–Crippen MR) is 75.7 cm³/mol. The number of aliphatic hydroxyl groups excluding tert-OH is 1. The van der Waals surface area contributed by atoms with Gasteiger partial charge in [-0.25, -0.2) is 4.39 Å². The minimum Gasteiger partial charge on any atom is -0.392 e. The third-order valence-electron chi connectivity index (χ3n) is 3.34. The van der Waals surface area contributed by atoms with Crippen LogP contribution in [-0.2, 0) is 12.8 Å². The molecule has 1 atom stereocenters. The molecule has 0 radical (unpaired) electrons. The van der Waals surface area contributed by atoms with E-state index in [0.29, 0.717) is 12.8 Å². The molecule has 0 heterocycles. The van der Waals surface area contributed by atoms with Crippen molar-refractivity contribution in [2.75, 3.05) is 0 Å². The summed E-state index contributed by atoms with van der Waals surface area (Å²) in [7, 11) is 0. The SMILES string of the molecule is Cc1ccc(C)c(CC(O)Cc2ccc(F)cc2)c1. The van der Waals surface area contributed by atoms with Gasteiger partial charge < -0.3 is 5.11 Å². The molecule has 100 valence electrons. The molecule has 1 unspecified atom stereocenters. The zero-order valence-corrected chi connectivity index (χ0v) is 11.4. The first-order valence-corrected chi connectivity index (χ1v) is 6.53. The molecule has 2 rings (SSSR count). The Morgan fingerprint density at radius 3 is 2.37 bits per heavy atom. The lowest BCUT2D eigenvalue weighted by Crippen LogP contribution is -2.14. The maximum absolute atomic E-state index is 12.8. The molecule has 0 aliphatic heterocycles. The number of rotatable bonds is 4. The zero-order valence-electron chi connectivity index (χ0n) is 11.4. The summed E-state index contributed by atoms with van der Waals surface area (Å²) in [6, 6.07) is 12.6. The van der Waals surface area contributed by atoms with E-state index in [4.69, 9.17) is 0 Å². The first-order chi connectivity index (χ1) is 9.04. The molecular weight excluding hydrogens is 239 g/mol. The number of hydrogen-bond donors (Lipinski definition) is 1. The maximum atomic E-state index is 12.8. The van der Waals surface area contributed by atoms with Gasteiger partial charge in [-0.2, -0.15) is 0 Å². The Hall–Kier alpha value is -1.67. The van der Waals surface area contributed by atoms with E-state index >= 15 is 0 Å². The van der Waals surface area contributed by atoms with Crippen molar-refractivity contribution >= 4 is 0 Å². The van der Waals surface area contributed by atoms with Crippen LogP contribution in [0.4, 0.5) is 4.39 Å². The highest BCUT2D eigenvalue weighted by molar-refractivity contribution is 5.31. The van der Waals surface area contributed by atoms with E-state index in [0.717, 1.165) is 5.56 Å². The standard InChI is InChI=1S/C17H19FO/c1-12-3-4-13(2)15(9-12)11-17(19)10-14-5-7-16(18)8-6-14/h3-9,17,19H,10-11H2,1-2H3. The molecule has 19 heavy (non-hydrogen) atoms. The highest BCUT2D eigenvalue weighted by atomic mass is 19.1. The van der Waals surface area contributed by atoms with Crippen molar-refractivity contribution in [3.63, 3.8) is 0 Å². The number of benzene rings is 2. The second-order valence-corrected chi connectivity index (χ2v) is 5.12. The summed E-state index contributed by atoms with van der Waals surface area (Å²) in [4.78, 5) is 0. The largest absolute Gasteiger partial charge is 0.392 e. The molecule has 1 nitrogen and oxygen atoms in total. The van der Waals surface area contributed by atoms with E-state index in [-0.39, 0.29) is 5.82 Å². The second kappa shape index (κ2) is 5.98. The van der Waals surface area contributed by atoms with Crippen LogP contribution in [0.5, 0.6) is 0 Å².